The third-order valence-electron chi connectivity index (χ3n) is 4.32. The van der Waals surface area contributed by atoms with Crippen molar-refractivity contribution in [1.82, 2.24) is 16.2 Å². The Kier molecular flexibility index (Phi) is 7.59. The molecule has 0 saturated heterocycles. The summed E-state index contributed by atoms with van der Waals surface area (Å²) in [6.07, 6.45) is 0.0780. The summed E-state index contributed by atoms with van der Waals surface area (Å²) >= 11 is 8.50. The molecular weight excluding hydrogens is 478 g/mol. The molecule has 160 valence electrons. The van der Waals surface area contributed by atoms with Crippen molar-refractivity contribution in [3.05, 3.63) is 76.3 Å². The summed E-state index contributed by atoms with van der Waals surface area (Å²) in [6, 6.07) is 18.8. The molecule has 0 spiro atoms. The fraction of sp³-hybridized carbons (Fsp3) is 0.174. The molecule has 2 amide bonds. The van der Waals surface area contributed by atoms with Gasteiger partial charge in [-0.2, -0.15) is 0 Å². The molecule has 0 aliphatic rings. The summed E-state index contributed by atoms with van der Waals surface area (Å²) in [5.74, 6) is -0.282. The Hall–Kier alpha value is -2.97. The molecule has 0 saturated carbocycles. The second-order valence-corrected chi connectivity index (χ2v) is 8.40. The van der Waals surface area contributed by atoms with Gasteiger partial charge in [0.25, 0.3) is 5.91 Å². The van der Waals surface area contributed by atoms with Crippen molar-refractivity contribution in [2.75, 3.05) is 0 Å². The first-order chi connectivity index (χ1) is 14.8. The van der Waals surface area contributed by atoms with E-state index in [2.05, 4.69) is 32.1 Å². The Labute approximate surface area is 194 Å². The number of halogens is 1. The van der Waals surface area contributed by atoms with Crippen LogP contribution in [0.2, 0.25) is 0 Å². The molecule has 31 heavy (non-hydrogen) atoms. The maximum absolute atomic E-state index is 12.6. The van der Waals surface area contributed by atoms with E-state index in [1.807, 2.05) is 56.3 Å². The molecule has 3 rings (SSSR count). The van der Waals surface area contributed by atoms with Crippen LogP contribution >= 0.6 is 28.1 Å². The van der Waals surface area contributed by atoms with Crippen LogP contribution in [-0.4, -0.2) is 23.0 Å². The fourth-order valence-electron chi connectivity index (χ4n) is 3.03. The SMILES string of the molecule is CC(C)Oc1ccc(Br)cc1C(=O)NC(=S)NNC(=O)Cc1cccc2ccccc12. The monoisotopic (exact) mass is 499 g/mol. The zero-order valence-corrected chi connectivity index (χ0v) is 19.5. The number of hydrazine groups is 1. The van der Waals surface area contributed by atoms with Gasteiger partial charge in [-0.25, -0.2) is 0 Å². The molecule has 0 aliphatic carbocycles. The maximum atomic E-state index is 12.6. The van der Waals surface area contributed by atoms with Crippen molar-refractivity contribution < 1.29 is 14.3 Å². The summed E-state index contributed by atoms with van der Waals surface area (Å²) in [7, 11) is 0. The van der Waals surface area contributed by atoms with Gasteiger partial charge in [0.1, 0.15) is 5.75 Å². The summed E-state index contributed by atoms with van der Waals surface area (Å²) in [5.41, 5.74) is 6.33. The number of nitrogens with one attached hydrogen (secondary N) is 3. The smallest absolute Gasteiger partial charge is 0.261 e. The Bertz CT molecular complexity index is 1130. The van der Waals surface area contributed by atoms with E-state index in [0.29, 0.717) is 11.3 Å². The van der Waals surface area contributed by atoms with E-state index >= 15 is 0 Å². The van der Waals surface area contributed by atoms with Gasteiger partial charge in [0.05, 0.1) is 18.1 Å². The second kappa shape index (κ2) is 10.4. The van der Waals surface area contributed by atoms with Crippen LogP contribution in [0.4, 0.5) is 0 Å². The van der Waals surface area contributed by atoms with Crippen molar-refractivity contribution in [3.63, 3.8) is 0 Å². The van der Waals surface area contributed by atoms with Crippen LogP contribution < -0.4 is 20.9 Å². The number of fused-ring (bicyclic) bond motifs is 1. The molecule has 0 radical (unpaired) electrons. The lowest BCUT2D eigenvalue weighted by atomic mass is 10.0. The zero-order chi connectivity index (χ0) is 22.4. The van der Waals surface area contributed by atoms with E-state index in [0.717, 1.165) is 20.8 Å². The highest BCUT2D eigenvalue weighted by Crippen LogP contribution is 2.24. The van der Waals surface area contributed by atoms with Crippen molar-refractivity contribution in [2.45, 2.75) is 26.4 Å². The van der Waals surface area contributed by atoms with Crippen LogP contribution in [0, 0.1) is 0 Å². The predicted octanol–water partition coefficient (Wildman–Crippen LogP) is 4.27. The summed E-state index contributed by atoms with van der Waals surface area (Å²) in [5, 5.41) is 4.61. The number of carbonyl (C=O) groups excluding carboxylic acids is 2. The van der Waals surface area contributed by atoms with Gasteiger partial charge in [-0.3, -0.25) is 25.8 Å². The highest BCUT2D eigenvalue weighted by molar-refractivity contribution is 9.10. The minimum Gasteiger partial charge on any atom is -0.490 e. The number of hydrogen-bond donors (Lipinski definition) is 3. The highest BCUT2D eigenvalue weighted by Gasteiger charge is 2.16. The number of rotatable bonds is 5. The second-order valence-electron chi connectivity index (χ2n) is 7.08. The number of thiocarbonyl (C=S) groups is 1. The minimum atomic E-state index is -0.447. The van der Waals surface area contributed by atoms with Gasteiger partial charge in [0.2, 0.25) is 5.91 Å². The Morgan fingerprint density at radius 1 is 1.03 bits per heavy atom. The molecular formula is C23H22BrN3O3S. The van der Waals surface area contributed by atoms with Gasteiger partial charge >= 0.3 is 0 Å². The topological polar surface area (TPSA) is 79.5 Å². The van der Waals surface area contributed by atoms with Crippen molar-refractivity contribution in [3.8, 4) is 5.75 Å². The van der Waals surface area contributed by atoms with E-state index in [-0.39, 0.29) is 23.5 Å². The fourth-order valence-corrected chi connectivity index (χ4v) is 3.53. The first-order valence-corrected chi connectivity index (χ1v) is 10.9. The maximum Gasteiger partial charge on any atom is 0.261 e. The number of amides is 2. The average molecular weight is 500 g/mol. The number of benzene rings is 3. The van der Waals surface area contributed by atoms with Crippen molar-refractivity contribution >= 4 is 55.8 Å². The molecule has 0 heterocycles. The molecule has 8 heteroatoms. The Balaban J connectivity index is 1.58. The van der Waals surface area contributed by atoms with Crippen molar-refractivity contribution in [1.29, 1.82) is 0 Å². The lowest BCUT2D eigenvalue weighted by Crippen LogP contribution is -2.49. The third-order valence-corrected chi connectivity index (χ3v) is 5.02. The van der Waals surface area contributed by atoms with Gasteiger partial charge in [-0.1, -0.05) is 58.4 Å². The van der Waals surface area contributed by atoms with Crippen LogP contribution in [-0.2, 0) is 11.2 Å². The first-order valence-electron chi connectivity index (χ1n) is 9.66. The average Bonchev–Trinajstić information content (AvgIpc) is 2.73. The van der Waals surface area contributed by atoms with E-state index in [1.54, 1.807) is 18.2 Å². The van der Waals surface area contributed by atoms with E-state index < -0.39 is 5.91 Å². The van der Waals surface area contributed by atoms with Crippen LogP contribution in [0.25, 0.3) is 10.8 Å². The molecule has 3 aromatic rings. The summed E-state index contributed by atoms with van der Waals surface area (Å²) in [4.78, 5) is 25.0. The van der Waals surface area contributed by atoms with E-state index in [9.17, 15) is 9.59 Å². The van der Waals surface area contributed by atoms with Gasteiger partial charge in [0.15, 0.2) is 5.11 Å². The summed E-state index contributed by atoms with van der Waals surface area (Å²) in [6.45, 7) is 3.75. The van der Waals surface area contributed by atoms with Crippen LogP contribution in [0.5, 0.6) is 5.75 Å². The molecule has 3 N–H and O–H groups in total. The van der Waals surface area contributed by atoms with Gasteiger partial charge in [0, 0.05) is 4.47 Å². The normalized spacial score (nSPS) is 10.6. The predicted molar refractivity (Wildman–Crippen MR) is 129 cm³/mol. The van der Waals surface area contributed by atoms with Crippen LogP contribution in [0.3, 0.4) is 0 Å². The lowest BCUT2D eigenvalue weighted by Gasteiger charge is -2.15. The van der Waals surface area contributed by atoms with Gasteiger partial charge in [-0.15, -0.1) is 0 Å². The van der Waals surface area contributed by atoms with Gasteiger partial charge in [-0.05, 0) is 60.6 Å². The highest BCUT2D eigenvalue weighted by atomic mass is 79.9. The largest absolute Gasteiger partial charge is 0.490 e. The molecule has 0 aromatic heterocycles. The number of ether oxygens (including phenoxy) is 1. The van der Waals surface area contributed by atoms with Gasteiger partial charge < -0.3 is 4.74 Å². The molecule has 0 unspecified atom stereocenters. The third kappa shape index (κ3) is 6.26. The van der Waals surface area contributed by atoms with E-state index in [4.69, 9.17) is 17.0 Å². The Morgan fingerprint density at radius 3 is 2.55 bits per heavy atom. The summed E-state index contributed by atoms with van der Waals surface area (Å²) < 4.78 is 6.42. The van der Waals surface area contributed by atoms with Crippen LogP contribution in [0.15, 0.2) is 65.1 Å². The molecule has 0 aliphatic heterocycles. The van der Waals surface area contributed by atoms with E-state index in [1.165, 1.54) is 0 Å². The quantitative estimate of drug-likeness (QED) is 0.360. The molecule has 0 atom stereocenters. The zero-order valence-electron chi connectivity index (χ0n) is 17.1. The number of hydrogen-bond acceptors (Lipinski definition) is 4. The molecule has 0 bridgehead atoms. The first kappa shape index (κ1) is 22.7. The molecule has 3 aromatic carbocycles. The Morgan fingerprint density at radius 2 is 1.77 bits per heavy atom. The molecule has 0 fully saturated rings. The van der Waals surface area contributed by atoms with Crippen molar-refractivity contribution in [2.24, 2.45) is 0 Å². The minimum absolute atomic E-state index is 0.0215. The standard InChI is InChI=1S/C23H22BrN3O3S/c1-14(2)30-20-11-10-17(24)13-19(20)22(29)25-23(31)27-26-21(28)12-16-8-5-7-15-6-3-4-9-18(15)16/h3-11,13-14H,12H2,1-2H3,(H,26,28)(H2,25,27,29,31). The lowest BCUT2D eigenvalue weighted by molar-refractivity contribution is -0.121. The molecule has 6 nitrogen and oxygen atoms in total. The van der Waals surface area contributed by atoms with Crippen LogP contribution in [0.1, 0.15) is 29.8 Å². The number of carbonyl (C=O) groups is 2.